The van der Waals surface area contributed by atoms with Gasteiger partial charge in [0.05, 0.1) is 17.1 Å². The van der Waals surface area contributed by atoms with Crippen LogP contribution in [-0.2, 0) is 4.79 Å². The van der Waals surface area contributed by atoms with E-state index in [4.69, 9.17) is 11.5 Å². The summed E-state index contributed by atoms with van der Waals surface area (Å²) in [5.74, 6) is 2.12. The molecule has 1 aromatic carbocycles. The zero-order chi connectivity index (χ0) is 24.5. The second-order valence-electron chi connectivity index (χ2n) is 10.3. The normalized spacial score (nSPS) is 22.3. The molecule has 3 heterocycles. The lowest BCUT2D eigenvalue weighted by atomic mass is 9.84. The van der Waals surface area contributed by atoms with E-state index in [-0.39, 0.29) is 29.9 Å². The largest absolute Gasteiger partial charge is 0.382 e. The molecule has 6 N–H and O–H groups in total. The van der Waals surface area contributed by atoms with Gasteiger partial charge in [-0.05, 0) is 57.6 Å². The molecule has 35 heavy (non-hydrogen) atoms. The number of nitrogens with zero attached hydrogens (tertiary/aromatic N) is 4. The molecular formula is C26H36N8O. The maximum absolute atomic E-state index is 13.2. The molecule has 9 nitrogen and oxygen atoms in total. The molecule has 1 aliphatic heterocycles. The molecule has 186 valence electrons. The number of H-pyrrole nitrogens is 1. The topological polar surface area (TPSA) is 139 Å². The molecule has 0 bridgehead atoms. The first-order chi connectivity index (χ1) is 16.9. The Bertz CT molecular complexity index is 1200. The molecule has 1 saturated carbocycles. The number of piperidine rings is 1. The highest BCUT2D eigenvalue weighted by molar-refractivity contribution is 5.91. The van der Waals surface area contributed by atoms with Gasteiger partial charge in [0.1, 0.15) is 5.82 Å². The van der Waals surface area contributed by atoms with Crippen molar-refractivity contribution in [1.29, 1.82) is 0 Å². The Kier molecular flexibility index (Phi) is 6.49. The summed E-state index contributed by atoms with van der Waals surface area (Å²) in [5.41, 5.74) is 14.5. The number of nitrogen functional groups attached to an aromatic ring is 2. The zero-order valence-electron chi connectivity index (χ0n) is 20.6. The third-order valence-electron chi connectivity index (χ3n) is 7.89. The van der Waals surface area contributed by atoms with Crippen molar-refractivity contribution in [2.75, 3.05) is 22.9 Å². The fourth-order valence-corrected chi connectivity index (χ4v) is 5.68. The van der Waals surface area contributed by atoms with Crippen LogP contribution in [0, 0.1) is 11.8 Å². The Hall–Kier alpha value is -3.36. The summed E-state index contributed by atoms with van der Waals surface area (Å²) in [4.78, 5) is 24.4. The predicted octanol–water partition coefficient (Wildman–Crippen LogP) is 3.87. The fraction of sp³-hybridized carbons (Fsp3) is 0.538. The lowest BCUT2D eigenvalue weighted by Crippen LogP contribution is -2.50. The monoisotopic (exact) mass is 476 g/mol. The number of carbonyl (C=O) groups excluding carboxylic acids is 1. The number of nitrogens with two attached hydrogens (primary N) is 2. The second kappa shape index (κ2) is 9.71. The molecule has 3 unspecified atom stereocenters. The van der Waals surface area contributed by atoms with Crippen molar-refractivity contribution in [2.24, 2.45) is 11.8 Å². The molecular weight excluding hydrogens is 440 g/mol. The van der Waals surface area contributed by atoms with Crippen LogP contribution in [0.15, 0.2) is 24.3 Å². The number of rotatable bonds is 5. The molecule has 5 rings (SSSR count). The van der Waals surface area contributed by atoms with Crippen LogP contribution < -0.4 is 21.7 Å². The van der Waals surface area contributed by atoms with Crippen molar-refractivity contribution >= 4 is 34.4 Å². The summed E-state index contributed by atoms with van der Waals surface area (Å²) >= 11 is 0. The average Bonchev–Trinajstić information content (AvgIpc) is 3.24. The van der Waals surface area contributed by atoms with Crippen LogP contribution in [-0.4, -0.2) is 44.7 Å². The van der Waals surface area contributed by atoms with E-state index in [1.54, 1.807) is 0 Å². The molecule has 1 amide bonds. The van der Waals surface area contributed by atoms with Crippen LogP contribution in [0.4, 0.5) is 17.6 Å². The standard InChI is InChI=1S/C26H36N8O/c1-15-8-9-19(25(35)29-16(2)17-6-4-3-5-7-17)14-34(15)23-13-21(30-26(28)31-23)18-10-11-20-22(12-18)32-33-24(20)27/h10-13,15-17,19H,3-9,14H2,1-2H3,(H,29,35)(H3,27,32,33)(H2,28,30,31). The molecule has 1 saturated heterocycles. The number of hydrogen-bond acceptors (Lipinski definition) is 7. The van der Waals surface area contributed by atoms with Gasteiger partial charge in [-0.3, -0.25) is 9.89 Å². The van der Waals surface area contributed by atoms with Crippen LogP contribution in [0.25, 0.3) is 22.2 Å². The molecule has 2 aromatic heterocycles. The smallest absolute Gasteiger partial charge is 0.225 e. The Morgan fingerprint density at radius 1 is 1.11 bits per heavy atom. The quantitative estimate of drug-likeness (QED) is 0.438. The van der Waals surface area contributed by atoms with E-state index >= 15 is 0 Å². The van der Waals surface area contributed by atoms with Crippen LogP contribution in [0.1, 0.15) is 58.8 Å². The average molecular weight is 477 g/mol. The predicted molar refractivity (Wildman–Crippen MR) is 140 cm³/mol. The molecule has 0 spiro atoms. The molecule has 2 aliphatic rings. The van der Waals surface area contributed by atoms with Gasteiger partial charge in [0, 0.05) is 35.6 Å². The third-order valence-corrected chi connectivity index (χ3v) is 7.89. The van der Waals surface area contributed by atoms with Gasteiger partial charge >= 0.3 is 0 Å². The minimum Gasteiger partial charge on any atom is -0.382 e. The zero-order valence-corrected chi connectivity index (χ0v) is 20.6. The number of aromatic amines is 1. The number of hydrogen-bond donors (Lipinski definition) is 4. The van der Waals surface area contributed by atoms with E-state index in [9.17, 15) is 4.79 Å². The SMILES string of the molecule is CC(NC(=O)C1CCC(C)N(c2cc(-c3ccc4c(N)n[nH]c4c3)nc(N)n2)C1)C1CCCCC1. The van der Waals surface area contributed by atoms with Crippen molar-refractivity contribution < 1.29 is 4.79 Å². The second-order valence-corrected chi connectivity index (χ2v) is 10.3. The van der Waals surface area contributed by atoms with E-state index < -0.39 is 0 Å². The number of anilines is 3. The van der Waals surface area contributed by atoms with Gasteiger partial charge in [-0.2, -0.15) is 10.1 Å². The first-order valence-corrected chi connectivity index (χ1v) is 12.8. The summed E-state index contributed by atoms with van der Waals surface area (Å²) in [7, 11) is 0. The van der Waals surface area contributed by atoms with Crippen molar-refractivity contribution in [2.45, 2.75) is 70.9 Å². The maximum atomic E-state index is 13.2. The first-order valence-electron chi connectivity index (χ1n) is 12.8. The van der Waals surface area contributed by atoms with E-state index in [1.807, 2.05) is 24.3 Å². The van der Waals surface area contributed by atoms with Crippen molar-refractivity contribution in [1.82, 2.24) is 25.5 Å². The van der Waals surface area contributed by atoms with E-state index in [0.29, 0.717) is 18.3 Å². The van der Waals surface area contributed by atoms with Crippen molar-refractivity contribution in [3.8, 4) is 11.3 Å². The first kappa shape index (κ1) is 23.4. The van der Waals surface area contributed by atoms with E-state index in [1.165, 1.54) is 32.1 Å². The van der Waals surface area contributed by atoms with Gasteiger partial charge in [0.2, 0.25) is 11.9 Å². The molecule has 1 aliphatic carbocycles. The number of amides is 1. The minimum atomic E-state index is -0.0683. The highest BCUT2D eigenvalue weighted by Crippen LogP contribution is 2.32. The Morgan fingerprint density at radius 2 is 1.91 bits per heavy atom. The highest BCUT2D eigenvalue weighted by atomic mass is 16.2. The number of benzene rings is 1. The highest BCUT2D eigenvalue weighted by Gasteiger charge is 2.32. The number of aromatic nitrogens is 4. The van der Waals surface area contributed by atoms with Crippen LogP contribution in [0.3, 0.4) is 0 Å². The van der Waals surface area contributed by atoms with Crippen molar-refractivity contribution in [3.05, 3.63) is 24.3 Å². The lowest BCUT2D eigenvalue weighted by molar-refractivity contribution is -0.126. The van der Waals surface area contributed by atoms with Crippen LogP contribution in [0.5, 0.6) is 0 Å². The van der Waals surface area contributed by atoms with Crippen LogP contribution >= 0.6 is 0 Å². The lowest BCUT2D eigenvalue weighted by Gasteiger charge is -2.39. The van der Waals surface area contributed by atoms with Crippen LogP contribution in [0.2, 0.25) is 0 Å². The summed E-state index contributed by atoms with van der Waals surface area (Å²) in [6.07, 6.45) is 8.11. The Morgan fingerprint density at radius 3 is 2.71 bits per heavy atom. The van der Waals surface area contributed by atoms with Gasteiger partial charge in [0.25, 0.3) is 0 Å². The number of carbonyl (C=O) groups is 1. The minimum absolute atomic E-state index is 0.0683. The van der Waals surface area contributed by atoms with Gasteiger partial charge in [0.15, 0.2) is 5.82 Å². The van der Waals surface area contributed by atoms with Gasteiger partial charge in [-0.1, -0.05) is 25.3 Å². The molecule has 0 radical (unpaired) electrons. The summed E-state index contributed by atoms with van der Waals surface area (Å²) in [6.45, 7) is 4.96. The number of fused-ring (bicyclic) bond motifs is 1. The Labute approximate surface area is 206 Å². The summed E-state index contributed by atoms with van der Waals surface area (Å²) in [5, 5.41) is 11.2. The third kappa shape index (κ3) is 4.90. The molecule has 2 fully saturated rings. The van der Waals surface area contributed by atoms with Crippen molar-refractivity contribution in [3.63, 3.8) is 0 Å². The fourth-order valence-electron chi connectivity index (χ4n) is 5.68. The van der Waals surface area contributed by atoms with Gasteiger partial charge < -0.3 is 21.7 Å². The van der Waals surface area contributed by atoms with E-state index in [2.05, 4.69) is 44.2 Å². The maximum Gasteiger partial charge on any atom is 0.225 e. The van der Waals surface area contributed by atoms with Gasteiger partial charge in [-0.15, -0.1) is 0 Å². The van der Waals surface area contributed by atoms with E-state index in [0.717, 1.165) is 40.8 Å². The number of nitrogens with one attached hydrogen (secondary N) is 2. The van der Waals surface area contributed by atoms with Gasteiger partial charge in [-0.25, -0.2) is 4.98 Å². The molecule has 3 aromatic rings. The summed E-state index contributed by atoms with van der Waals surface area (Å²) < 4.78 is 0. The summed E-state index contributed by atoms with van der Waals surface area (Å²) in [6, 6.07) is 8.29. The Balaban J connectivity index is 1.34. The molecule has 9 heteroatoms. The molecule has 3 atom stereocenters.